The number of alkyl halides is 3. The monoisotopic (exact) mass is 355 g/mol. The van der Waals surface area contributed by atoms with Crippen LogP contribution in [-0.2, 0) is 12.7 Å². The van der Waals surface area contributed by atoms with Crippen LogP contribution in [0.5, 0.6) is 5.75 Å². The molecule has 1 aromatic heterocycles. The highest BCUT2D eigenvalue weighted by Gasteiger charge is 2.39. The highest BCUT2D eigenvalue weighted by molar-refractivity contribution is 5.77. The normalized spacial score (nSPS) is 11.1. The second-order valence-corrected chi connectivity index (χ2v) is 4.93. The highest BCUT2D eigenvalue weighted by Crippen LogP contribution is 2.35. The molecule has 0 amide bonds. The van der Waals surface area contributed by atoms with E-state index < -0.39 is 23.1 Å². The lowest BCUT2D eigenvalue weighted by Gasteiger charge is -2.07. The van der Waals surface area contributed by atoms with Crippen LogP contribution in [0.2, 0.25) is 0 Å². The Morgan fingerprint density at radius 1 is 1.04 bits per heavy atom. The maximum absolute atomic E-state index is 12.4. The molecule has 0 aliphatic carbocycles. The molecular formula is C17H13F4NO3. The summed E-state index contributed by atoms with van der Waals surface area (Å²) >= 11 is 0. The number of benzene rings is 2. The third-order valence-electron chi connectivity index (χ3n) is 3.18. The van der Waals surface area contributed by atoms with Crippen molar-refractivity contribution in [1.82, 2.24) is 0 Å². The Morgan fingerprint density at radius 2 is 1.64 bits per heavy atom. The summed E-state index contributed by atoms with van der Waals surface area (Å²) < 4.78 is 53.7. The fourth-order valence-electron chi connectivity index (χ4n) is 1.94. The molecule has 4 nitrogen and oxygen atoms in total. The predicted octanol–water partition coefficient (Wildman–Crippen LogP) is 3.80. The lowest BCUT2D eigenvalue weighted by molar-refractivity contribution is -0.154. The van der Waals surface area contributed by atoms with Gasteiger partial charge in [0.25, 0.3) is 5.76 Å². The molecule has 3 aromatic rings. The average molecular weight is 355 g/mol. The van der Waals surface area contributed by atoms with Gasteiger partial charge in [-0.3, -0.25) is 4.79 Å². The second-order valence-electron chi connectivity index (χ2n) is 4.93. The fourth-order valence-corrected chi connectivity index (χ4v) is 1.94. The topological polar surface area (TPSA) is 76.5 Å². The first-order valence-corrected chi connectivity index (χ1v) is 7.00. The first kappa shape index (κ1) is 18.5. The molecule has 3 rings (SSSR count). The Labute approximate surface area is 139 Å². The zero-order valence-corrected chi connectivity index (χ0v) is 12.7. The SMILES string of the molecule is NCc1ccc(F)cc1.O=c1c(O)c(C(F)(F)F)oc2ccccc12. The van der Waals surface area contributed by atoms with Crippen molar-refractivity contribution < 1.29 is 27.1 Å². The van der Waals surface area contributed by atoms with Crippen molar-refractivity contribution in [3.05, 3.63) is 75.9 Å². The van der Waals surface area contributed by atoms with Crippen molar-refractivity contribution in [1.29, 1.82) is 0 Å². The molecule has 1 heterocycles. The summed E-state index contributed by atoms with van der Waals surface area (Å²) in [6.07, 6.45) is -4.90. The zero-order chi connectivity index (χ0) is 18.6. The summed E-state index contributed by atoms with van der Waals surface area (Å²) in [6.45, 7) is 0.472. The molecule has 0 spiro atoms. The second kappa shape index (κ2) is 7.35. The van der Waals surface area contributed by atoms with Gasteiger partial charge in [-0.15, -0.1) is 0 Å². The van der Waals surface area contributed by atoms with Crippen LogP contribution in [0.15, 0.2) is 57.7 Å². The van der Waals surface area contributed by atoms with Crippen LogP contribution in [0.4, 0.5) is 17.6 Å². The van der Waals surface area contributed by atoms with Gasteiger partial charge >= 0.3 is 6.18 Å². The molecule has 0 unspecified atom stereocenters. The first-order valence-electron chi connectivity index (χ1n) is 7.00. The predicted molar refractivity (Wildman–Crippen MR) is 83.4 cm³/mol. The van der Waals surface area contributed by atoms with Gasteiger partial charge in [0.2, 0.25) is 11.2 Å². The zero-order valence-electron chi connectivity index (χ0n) is 12.7. The molecule has 0 atom stereocenters. The molecule has 0 aliphatic heterocycles. The standard InChI is InChI=1S/C10H5F3O3.C7H8FN/c11-10(12,13)9-8(15)7(14)5-3-1-2-4-6(5)16-9;8-7-3-1-6(5-9)2-4-7/h1-4,15H;1-4H,5,9H2. The fraction of sp³-hybridized carbons (Fsp3) is 0.118. The number of nitrogens with two attached hydrogens (primary N) is 1. The minimum absolute atomic E-state index is 0.0898. The number of aromatic hydroxyl groups is 1. The van der Waals surface area contributed by atoms with E-state index >= 15 is 0 Å². The van der Waals surface area contributed by atoms with E-state index in [0.717, 1.165) is 5.56 Å². The van der Waals surface area contributed by atoms with Crippen molar-refractivity contribution in [2.75, 3.05) is 0 Å². The van der Waals surface area contributed by atoms with Gasteiger partial charge in [0.05, 0.1) is 5.39 Å². The maximum atomic E-state index is 12.4. The molecule has 0 saturated carbocycles. The van der Waals surface area contributed by atoms with Gasteiger partial charge in [-0.05, 0) is 29.8 Å². The van der Waals surface area contributed by atoms with Gasteiger partial charge in [0.15, 0.2) is 0 Å². The molecule has 0 aliphatic rings. The van der Waals surface area contributed by atoms with Crippen molar-refractivity contribution in [3.8, 4) is 5.75 Å². The summed E-state index contributed by atoms with van der Waals surface area (Å²) in [5, 5.41) is 9.02. The Hall–Kier alpha value is -2.87. The minimum atomic E-state index is -4.90. The van der Waals surface area contributed by atoms with Gasteiger partial charge in [0.1, 0.15) is 11.4 Å². The third-order valence-corrected chi connectivity index (χ3v) is 3.18. The van der Waals surface area contributed by atoms with E-state index in [-0.39, 0.29) is 16.8 Å². The summed E-state index contributed by atoms with van der Waals surface area (Å²) in [5.74, 6) is -3.30. The maximum Gasteiger partial charge on any atom is 0.453 e. The van der Waals surface area contributed by atoms with Gasteiger partial charge in [-0.25, -0.2) is 4.39 Å². The summed E-state index contributed by atoms with van der Waals surface area (Å²) in [5.41, 5.74) is 4.93. The van der Waals surface area contributed by atoms with Crippen LogP contribution in [0.1, 0.15) is 11.3 Å². The van der Waals surface area contributed by atoms with Gasteiger partial charge in [-0.1, -0.05) is 24.3 Å². The van der Waals surface area contributed by atoms with Crippen molar-refractivity contribution >= 4 is 11.0 Å². The largest absolute Gasteiger partial charge is 0.502 e. The number of rotatable bonds is 1. The quantitative estimate of drug-likeness (QED) is 0.651. The van der Waals surface area contributed by atoms with Crippen LogP contribution >= 0.6 is 0 Å². The van der Waals surface area contributed by atoms with Gasteiger partial charge in [0, 0.05) is 6.54 Å². The number of hydrogen-bond donors (Lipinski definition) is 2. The number of halogens is 4. The average Bonchev–Trinajstić information content (AvgIpc) is 2.58. The molecule has 0 fully saturated rings. The number of para-hydroxylation sites is 1. The molecule has 2 aromatic carbocycles. The molecule has 8 heteroatoms. The Morgan fingerprint density at radius 3 is 2.20 bits per heavy atom. The minimum Gasteiger partial charge on any atom is -0.502 e. The smallest absolute Gasteiger partial charge is 0.453 e. The van der Waals surface area contributed by atoms with E-state index in [1.54, 1.807) is 12.1 Å². The van der Waals surface area contributed by atoms with Crippen molar-refractivity contribution in [2.45, 2.75) is 12.7 Å². The van der Waals surface area contributed by atoms with Crippen LogP contribution in [0.25, 0.3) is 11.0 Å². The molecule has 132 valence electrons. The van der Waals surface area contributed by atoms with Crippen LogP contribution in [0, 0.1) is 5.82 Å². The van der Waals surface area contributed by atoms with Crippen molar-refractivity contribution in [2.24, 2.45) is 5.73 Å². The van der Waals surface area contributed by atoms with E-state index in [2.05, 4.69) is 4.42 Å². The molecule has 0 saturated heterocycles. The molecule has 0 bridgehead atoms. The molecule has 25 heavy (non-hydrogen) atoms. The third kappa shape index (κ3) is 4.36. The van der Waals surface area contributed by atoms with Crippen LogP contribution in [0.3, 0.4) is 0 Å². The van der Waals surface area contributed by atoms with Crippen LogP contribution < -0.4 is 11.2 Å². The number of fused-ring (bicyclic) bond motifs is 1. The summed E-state index contributed by atoms with van der Waals surface area (Å²) in [4.78, 5) is 11.4. The number of hydrogen-bond acceptors (Lipinski definition) is 4. The first-order chi connectivity index (χ1) is 11.7. The van der Waals surface area contributed by atoms with E-state index in [4.69, 9.17) is 10.8 Å². The summed E-state index contributed by atoms with van der Waals surface area (Å²) in [7, 11) is 0. The van der Waals surface area contributed by atoms with Crippen LogP contribution in [-0.4, -0.2) is 5.11 Å². The van der Waals surface area contributed by atoms with E-state index in [1.165, 1.54) is 36.4 Å². The Kier molecular flexibility index (Phi) is 5.43. The van der Waals surface area contributed by atoms with E-state index in [1.807, 2.05) is 0 Å². The Balaban J connectivity index is 0.000000212. The summed E-state index contributed by atoms with van der Waals surface area (Å²) in [6, 6.07) is 11.6. The van der Waals surface area contributed by atoms with E-state index in [0.29, 0.717) is 6.54 Å². The molecule has 3 N–H and O–H groups in total. The lowest BCUT2D eigenvalue weighted by Crippen LogP contribution is -2.12. The van der Waals surface area contributed by atoms with Gasteiger partial charge < -0.3 is 15.3 Å². The molecule has 0 radical (unpaired) electrons. The lowest BCUT2D eigenvalue weighted by atomic mass is 10.2. The highest BCUT2D eigenvalue weighted by atomic mass is 19.4. The van der Waals surface area contributed by atoms with E-state index in [9.17, 15) is 22.4 Å². The van der Waals surface area contributed by atoms with Gasteiger partial charge in [-0.2, -0.15) is 13.2 Å². The Bertz CT molecular complexity index is 918. The molecular weight excluding hydrogens is 342 g/mol. The van der Waals surface area contributed by atoms with Crippen molar-refractivity contribution in [3.63, 3.8) is 0 Å².